The third-order valence-corrected chi connectivity index (χ3v) is 3.55. The molecule has 0 aromatic heterocycles. The highest BCUT2D eigenvalue weighted by Crippen LogP contribution is 2.58. The van der Waals surface area contributed by atoms with E-state index >= 15 is 0 Å². The smallest absolute Gasteiger partial charge is 0.141 e. The zero-order chi connectivity index (χ0) is 11.1. The van der Waals surface area contributed by atoms with Crippen LogP contribution < -0.4 is 5.73 Å². The van der Waals surface area contributed by atoms with Gasteiger partial charge in [-0.15, -0.1) is 0 Å². The molecule has 15 heavy (non-hydrogen) atoms. The maximum Gasteiger partial charge on any atom is 0.141 e. The van der Waals surface area contributed by atoms with Gasteiger partial charge in [-0.25, -0.2) is 4.39 Å². The molecule has 2 atom stereocenters. The Morgan fingerprint density at radius 1 is 1.60 bits per heavy atom. The summed E-state index contributed by atoms with van der Waals surface area (Å²) >= 11 is 5.70. The lowest BCUT2D eigenvalue weighted by Crippen LogP contribution is -2.21. The van der Waals surface area contributed by atoms with Gasteiger partial charge >= 0.3 is 0 Å². The molecular weight excluding hydrogens is 217 g/mol. The van der Waals surface area contributed by atoms with Crippen molar-refractivity contribution in [2.45, 2.75) is 12.3 Å². The highest BCUT2D eigenvalue weighted by atomic mass is 35.5. The van der Waals surface area contributed by atoms with Crippen molar-refractivity contribution in [3.05, 3.63) is 34.6 Å². The number of hydrogen-bond donors (Lipinski definition) is 2. The molecule has 1 aliphatic carbocycles. The van der Waals surface area contributed by atoms with Crippen molar-refractivity contribution in [2.75, 3.05) is 13.2 Å². The number of hydrogen-bond acceptors (Lipinski definition) is 2. The molecule has 1 aliphatic rings. The Hall–Kier alpha value is -0.640. The normalized spacial score (nSPS) is 29.2. The van der Waals surface area contributed by atoms with Crippen molar-refractivity contribution >= 4 is 11.6 Å². The van der Waals surface area contributed by atoms with Gasteiger partial charge in [0.1, 0.15) is 5.82 Å². The third kappa shape index (κ3) is 1.75. The fourth-order valence-electron chi connectivity index (χ4n) is 2.01. The summed E-state index contributed by atoms with van der Waals surface area (Å²) in [6, 6.07) is 4.68. The quantitative estimate of drug-likeness (QED) is 0.832. The van der Waals surface area contributed by atoms with Crippen LogP contribution in [0.5, 0.6) is 0 Å². The maximum absolute atomic E-state index is 12.9. The predicted molar refractivity (Wildman–Crippen MR) is 57.3 cm³/mol. The van der Waals surface area contributed by atoms with Gasteiger partial charge in [-0.2, -0.15) is 0 Å². The van der Waals surface area contributed by atoms with Crippen molar-refractivity contribution in [1.82, 2.24) is 0 Å². The first kappa shape index (κ1) is 10.9. The van der Waals surface area contributed by atoms with E-state index in [2.05, 4.69) is 0 Å². The highest BCUT2D eigenvalue weighted by Gasteiger charge is 2.53. The Balaban J connectivity index is 2.23. The lowest BCUT2D eigenvalue weighted by atomic mass is 10.0. The largest absolute Gasteiger partial charge is 0.396 e. The van der Waals surface area contributed by atoms with Crippen LogP contribution in [0.25, 0.3) is 0 Å². The molecular formula is C11H13ClFNO. The monoisotopic (exact) mass is 229 g/mol. The van der Waals surface area contributed by atoms with Gasteiger partial charge in [0, 0.05) is 12.0 Å². The molecule has 1 aromatic rings. The van der Waals surface area contributed by atoms with Crippen molar-refractivity contribution in [2.24, 2.45) is 11.1 Å². The summed E-state index contributed by atoms with van der Waals surface area (Å²) in [5, 5.41) is 9.35. The van der Waals surface area contributed by atoms with Crippen LogP contribution >= 0.6 is 11.6 Å². The van der Waals surface area contributed by atoms with Crippen LogP contribution in [0.2, 0.25) is 5.02 Å². The standard InChI is InChI=1S/C11H13ClFNO/c12-9-3-7(1-2-10(9)13)8-4-11(8,5-14)6-15/h1-3,8,15H,4-6,14H2. The first-order chi connectivity index (χ1) is 7.13. The molecule has 3 N–H and O–H groups in total. The second kappa shape index (κ2) is 3.74. The molecule has 0 aliphatic heterocycles. The maximum atomic E-state index is 12.9. The van der Waals surface area contributed by atoms with Gasteiger partial charge in [-0.1, -0.05) is 17.7 Å². The first-order valence-electron chi connectivity index (χ1n) is 4.89. The van der Waals surface area contributed by atoms with Gasteiger partial charge in [0.05, 0.1) is 11.6 Å². The second-order valence-electron chi connectivity index (χ2n) is 4.15. The number of nitrogens with two attached hydrogens (primary N) is 1. The Labute approximate surface area is 92.9 Å². The SMILES string of the molecule is NCC1(CO)CC1c1ccc(F)c(Cl)c1. The van der Waals surface area contributed by atoms with Gasteiger partial charge in [-0.3, -0.25) is 0 Å². The Kier molecular flexibility index (Phi) is 2.71. The van der Waals surface area contributed by atoms with Gasteiger partial charge in [0.2, 0.25) is 0 Å². The summed E-state index contributed by atoms with van der Waals surface area (Å²) in [5.74, 6) is -0.200. The molecule has 4 heteroatoms. The minimum Gasteiger partial charge on any atom is -0.396 e. The van der Waals surface area contributed by atoms with E-state index in [9.17, 15) is 9.50 Å². The van der Waals surface area contributed by atoms with Gasteiger partial charge in [0.25, 0.3) is 0 Å². The Morgan fingerprint density at radius 2 is 2.33 bits per heavy atom. The molecule has 1 fully saturated rings. The van der Waals surface area contributed by atoms with Crippen LogP contribution in [0, 0.1) is 11.2 Å². The third-order valence-electron chi connectivity index (χ3n) is 3.26. The van der Waals surface area contributed by atoms with E-state index in [1.807, 2.05) is 0 Å². The number of aliphatic hydroxyl groups is 1. The number of benzene rings is 1. The number of aliphatic hydroxyl groups excluding tert-OH is 1. The van der Waals surface area contributed by atoms with Crippen LogP contribution in [0.15, 0.2) is 18.2 Å². The lowest BCUT2D eigenvalue weighted by Gasteiger charge is -2.11. The molecule has 0 heterocycles. The predicted octanol–water partition coefficient (Wildman–Crippen LogP) is 1.90. The minimum atomic E-state index is -0.414. The first-order valence-corrected chi connectivity index (χ1v) is 5.26. The molecule has 2 nitrogen and oxygen atoms in total. The summed E-state index contributed by atoms with van der Waals surface area (Å²) in [5.41, 5.74) is 6.36. The summed E-state index contributed by atoms with van der Waals surface area (Å²) < 4.78 is 12.9. The molecule has 0 radical (unpaired) electrons. The molecule has 2 rings (SSSR count). The van der Waals surface area contributed by atoms with E-state index in [0.29, 0.717) is 6.54 Å². The van der Waals surface area contributed by atoms with Crippen LogP contribution in [0.1, 0.15) is 17.9 Å². The van der Waals surface area contributed by atoms with E-state index in [-0.39, 0.29) is 23.0 Å². The summed E-state index contributed by atoms with van der Waals surface area (Å²) in [7, 11) is 0. The zero-order valence-electron chi connectivity index (χ0n) is 8.21. The van der Waals surface area contributed by atoms with E-state index in [1.165, 1.54) is 6.07 Å². The van der Waals surface area contributed by atoms with Crippen LogP contribution in [0.3, 0.4) is 0 Å². The minimum absolute atomic E-state index is 0.0726. The van der Waals surface area contributed by atoms with Gasteiger partial charge in [0.15, 0.2) is 0 Å². The molecule has 0 spiro atoms. The number of rotatable bonds is 3. The second-order valence-corrected chi connectivity index (χ2v) is 4.56. The molecule has 1 saturated carbocycles. The van der Waals surface area contributed by atoms with Crippen molar-refractivity contribution in [1.29, 1.82) is 0 Å². The fourth-order valence-corrected chi connectivity index (χ4v) is 2.20. The van der Waals surface area contributed by atoms with Crippen molar-refractivity contribution in [3.63, 3.8) is 0 Å². The summed E-state index contributed by atoms with van der Waals surface area (Å²) in [4.78, 5) is 0. The fraction of sp³-hybridized carbons (Fsp3) is 0.455. The van der Waals surface area contributed by atoms with Crippen molar-refractivity contribution in [3.8, 4) is 0 Å². The molecule has 0 amide bonds. The van der Waals surface area contributed by atoms with Gasteiger partial charge < -0.3 is 10.8 Å². The van der Waals surface area contributed by atoms with Crippen molar-refractivity contribution < 1.29 is 9.50 Å². The van der Waals surface area contributed by atoms with E-state index in [0.717, 1.165) is 12.0 Å². The summed E-state index contributed by atoms with van der Waals surface area (Å²) in [6.45, 7) is 0.520. The molecule has 0 saturated heterocycles. The Bertz CT molecular complexity index is 379. The average molecular weight is 230 g/mol. The molecule has 82 valence electrons. The highest BCUT2D eigenvalue weighted by molar-refractivity contribution is 6.30. The van der Waals surface area contributed by atoms with E-state index < -0.39 is 5.82 Å². The topological polar surface area (TPSA) is 46.2 Å². The van der Waals surface area contributed by atoms with Crippen LogP contribution in [-0.4, -0.2) is 18.3 Å². The average Bonchev–Trinajstić information content (AvgIpc) is 2.97. The van der Waals surface area contributed by atoms with E-state index in [1.54, 1.807) is 12.1 Å². The Morgan fingerprint density at radius 3 is 2.80 bits per heavy atom. The van der Waals surface area contributed by atoms with Crippen LogP contribution in [0.4, 0.5) is 4.39 Å². The lowest BCUT2D eigenvalue weighted by molar-refractivity contribution is 0.211. The molecule has 0 bridgehead atoms. The van der Waals surface area contributed by atoms with Crippen LogP contribution in [-0.2, 0) is 0 Å². The van der Waals surface area contributed by atoms with Gasteiger partial charge in [-0.05, 0) is 30.0 Å². The van der Waals surface area contributed by atoms with E-state index in [4.69, 9.17) is 17.3 Å². The number of halogens is 2. The molecule has 1 aromatic carbocycles. The zero-order valence-corrected chi connectivity index (χ0v) is 8.97. The molecule has 2 unspecified atom stereocenters. The summed E-state index contributed by atoms with van der Waals surface area (Å²) in [6.07, 6.45) is 0.849.